The molecule has 0 fully saturated rings. The smallest absolute Gasteiger partial charge is 0.416 e. The molecule has 3 N–H and O–H groups in total. The Morgan fingerprint density at radius 2 is 1.83 bits per heavy atom. The highest BCUT2D eigenvalue weighted by molar-refractivity contribution is 5.65. The van der Waals surface area contributed by atoms with E-state index in [1.54, 1.807) is 18.2 Å². The number of nitrogens with one attached hydrogen (secondary N) is 2. The molecule has 150 valence electrons. The van der Waals surface area contributed by atoms with Crippen LogP contribution in [0.3, 0.4) is 0 Å². The molecule has 3 rings (SSSR count). The highest BCUT2D eigenvalue weighted by Crippen LogP contribution is 2.30. The van der Waals surface area contributed by atoms with Gasteiger partial charge in [0, 0.05) is 18.3 Å². The maximum atomic E-state index is 12.9. The summed E-state index contributed by atoms with van der Waals surface area (Å²) in [6.45, 7) is 0.287. The number of pyridine rings is 2. The Morgan fingerprint density at radius 3 is 2.59 bits per heavy atom. The van der Waals surface area contributed by atoms with Crippen LogP contribution in [0.4, 0.5) is 29.6 Å². The third kappa shape index (κ3) is 5.68. The van der Waals surface area contributed by atoms with Crippen molar-refractivity contribution in [3.05, 3.63) is 71.9 Å². The molecule has 2 aromatic heterocycles. The third-order valence-corrected chi connectivity index (χ3v) is 4.01. The first-order chi connectivity index (χ1) is 13.8. The van der Waals surface area contributed by atoms with Gasteiger partial charge in [-0.25, -0.2) is 14.8 Å². The van der Waals surface area contributed by atoms with Crippen LogP contribution < -0.4 is 10.6 Å². The average molecular weight is 402 g/mol. The van der Waals surface area contributed by atoms with E-state index in [-0.39, 0.29) is 12.4 Å². The molecule has 0 saturated carbocycles. The van der Waals surface area contributed by atoms with Gasteiger partial charge in [0.25, 0.3) is 0 Å². The van der Waals surface area contributed by atoms with Crippen LogP contribution in [-0.2, 0) is 12.6 Å². The Hall–Kier alpha value is -3.62. The second-order valence-corrected chi connectivity index (χ2v) is 6.14. The molecule has 0 aliphatic carbocycles. The molecule has 9 heteroatoms. The zero-order valence-electron chi connectivity index (χ0n) is 15.1. The molecule has 0 radical (unpaired) electrons. The van der Waals surface area contributed by atoms with E-state index in [1.807, 2.05) is 24.3 Å². The molecule has 3 aromatic rings. The van der Waals surface area contributed by atoms with Crippen molar-refractivity contribution in [2.24, 2.45) is 0 Å². The van der Waals surface area contributed by atoms with Gasteiger partial charge in [-0.2, -0.15) is 13.2 Å². The molecule has 2 heterocycles. The van der Waals surface area contributed by atoms with Crippen LogP contribution >= 0.6 is 0 Å². The molecule has 0 aliphatic heterocycles. The number of aromatic nitrogens is 2. The summed E-state index contributed by atoms with van der Waals surface area (Å²) in [7, 11) is 0. The standard InChI is InChI=1S/C20H17F3N4O2/c21-20(22,23)15-8-10-24-18(12-15)27-17-6-2-5-16(26-17)14-4-1-3-13(11-14)7-9-25-19(28)29/h1-6,8,10-12,25H,7,9H2,(H,28,29)(H,24,26,27). The van der Waals surface area contributed by atoms with Crippen molar-refractivity contribution in [1.82, 2.24) is 15.3 Å². The van der Waals surface area contributed by atoms with Crippen molar-refractivity contribution in [1.29, 1.82) is 0 Å². The second-order valence-electron chi connectivity index (χ2n) is 6.14. The number of amides is 1. The largest absolute Gasteiger partial charge is 0.465 e. The monoisotopic (exact) mass is 402 g/mol. The van der Waals surface area contributed by atoms with E-state index in [4.69, 9.17) is 5.11 Å². The molecule has 0 bridgehead atoms. The van der Waals surface area contributed by atoms with Crippen molar-refractivity contribution < 1.29 is 23.1 Å². The molecule has 1 aromatic carbocycles. The first-order valence-corrected chi connectivity index (χ1v) is 8.65. The maximum absolute atomic E-state index is 12.9. The Labute approximate surface area is 164 Å². The van der Waals surface area contributed by atoms with Crippen LogP contribution in [0.2, 0.25) is 0 Å². The summed E-state index contributed by atoms with van der Waals surface area (Å²) in [5.74, 6) is 0.394. The summed E-state index contributed by atoms with van der Waals surface area (Å²) >= 11 is 0. The predicted molar refractivity (Wildman–Crippen MR) is 102 cm³/mol. The quantitative estimate of drug-likeness (QED) is 0.556. The van der Waals surface area contributed by atoms with E-state index in [2.05, 4.69) is 20.6 Å². The third-order valence-electron chi connectivity index (χ3n) is 4.01. The lowest BCUT2D eigenvalue weighted by atomic mass is 10.1. The molecule has 6 nitrogen and oxygen atoms in total. The number of hydrogen-bond acceptors (Lipinski definition) is 4. The highest BCUT2D eigenvalue weighted by atomic mass is 19.4. The number of alkyl halides is 3. The molecule has 0 aliphatic rings. The molecular formula is C20H17F3N4O2. The minimum atomic E-state index is -4.45. The number of nitrogens with zero attached hydrogens (tertiary/aromatic N) is 2. The number of carboxylic acid groups (broad SMARTS) is 1. The molecule has 0 spiro atoms. The van der Waals surface area contributed by atoms with E-state index in [0.29, 0.717) is 17.9 Å². The SMILES string of the molecule is O=C(O)NCCc1cccc(-c2cccc(Nc3cc(C(F)(F)F)ccn3)n2)c1. The van der Waals surface area contributed by atoms with Crippen molar-refractivity contribution in [3.8, 4) is 11.3 Å². The Morgan fingerprint density at radius 1 is 1.03 bits per heavy atom. The fraction of sp³-hybridized carbons (Fsp3) is 0.150. The molecule has 1 amide bonds. The van der Waals surface area contributed by atoms with Gasteiger partial charge in [0.1, 0.15) is 11.6 Å². The van der Waals surface area contributed by atoms with Gasteiger partial charge in [-0.3, -0.25) is 0 Å². The molecule has 0 atom stereocenters. The fourth-order valence-corrected chi connectivity index (χ4v) is 2.67. The summed E-state index contributed by atoms with van der Waals surface area (Å²) < 4.78 is 38.6. The van der Waals surface area contributed by atoms with Crippen LogP contribution in [0.25, 0.3) is 11.3 Å². The lowest BCUT2D eigenvalue weighted by molar-refractivity contribution is -0.137. The van der Waals surface area contributed by atoms with Gasteiger partial charge in [-0.1, -0.05) is 24.3 Å². The zero-order valence-corrected chi connectivity index (χ0v) is 15.1. The fourth-order valence-electron chi connectivity index (χ4n) is 2.67. The average Bonchev–Trinajstić information content (AvgIpc) is 2.68. The van der Waals surface area contributed by atoms with Gasteiger partial charge in [0.2, 0.25) is 0 Å². The first-order valence-electron chi connectivity index (χ1n) is 8.65. The van der Waals surface area contributed by atoms with Gasteiger partial charge < -0.3 is 15.7 Å². The van der Waals surface area contributed by atoms with E-state index >= 15 is 0 Å². The molecule has 0 unspecified atom stereocenters. The minimum absolute atomic E-state index is 0.0398. The van der Waals surface area contributed by atoms with Gasteiger partial charge in [0.05, 0.1) is 11.3 Å². The lowest BCUT2D eigenvalue weighted by Crippen LogP contribution is -2.23. The summed E-state index contributed by atoms with van der Waals surface area (Å²) in [6.07, 6.45) is -3.93. The lowest BCUT2D eigenvalue weighted by Gasteiger charge is -2.10. The maximum Gasteiger partial charge on any atom is 0.416 e. The predicted octanol–water partition coefficient (Wildman–Crippen LogP) is 4.72. The summed E-state index contributed by atoms with van der Waals surface area (Å²) in [4.78, 5) is 18.9. The van der Waals surface area contributed by atoms with E-state index in [0.717, 1.165) is 29.5 Å². The number of hydrogen-bond donors (Lipinski definition) is 3. The van der Waals surface area contributed by atoms with Crippen LogP contribution in [0.1, 0.15) is 11.1 Å². The van der Waals surface area contributed by atoms with Gasteiger partial charge >= 0.3 is 12.3 Å². The highest BCUT2D eigenvalue weighted by Gasteiger charge is 2.30. The Bertz CT molecular complexity index is 1010. The number of rotatable bonds is 6. The van der Waals surface area contributed by atoms with Crippen LogP contribution in [-0.4, -0.2) is 27.7 Å². The van der Waals surface area contributed by atoms with Crippen LogP contribution in [0.5, 0.6) is 0 Å². The Kier molecular flexibility index (Phi) is 5.96. The molecule has 0 saturated heterocycles. The van der Waals surface area contributed by atoms with Crippen LogP contribution in [0, 0.1) is 0 Å². The van der Waals surface area contributed by atoms with Crippen molar-refractivity contribution in [2.75, 3.05) is 11.9 Å². The van der Waals surface area contributed by atoms with Gasteiger partial charge in [-0.15, -0.1) is 0 Å². The van der Waals surface area contributed by atoms with E-state index in [9.17, 15) is 18.0 Å². The van der Waals surface area contributed by atoms with E-state index in [1.165, 1.54) is 0 Å². The topological polar surface area (TPSA) is 87.1 Å². The summed E-state index contributed by atoms with van der Waals surface area (Å²) in [5, 5.41) is 13.7. The number of halogens is 3. The van der Waals surface area contributed by atoms with Crippen LogP contribution in [0.15, 0.2) is 60.8 Å². The number of carbonyl (C=O) groups is 1. The molecule has 29 heavy (non-hydrogen) atoms. The van der Waals surface area contributed by atoms with Gasteiger partial charge in [-0.05, 0) is 42.3 Å². The zero-order chi connectivity index (χ0) is 20.9. The van der Waals surface area contributed by atoms with Gasteiger partial charge in [0.15, 0.2) is 0 Å². The minimum Gasteiger partial charge on any atom is -0.465 e. The number of anilines is 2. The molecular weight excluding hydrogens is 385 g/mol. The van der Waals surface area contributed by atoms with Crippen molar-refractivity contribution in [2.45, 2.75) is 12.6 Å². The van der Waals surface area contributed by atoms with E-state index < -0.39 is 17.8 Å². The summed E-state index contributed by atoms with van der Waals surface area (Å²) in [6, 6.07) is 14.4. The summed E-state index contributed by atoms with van der Waals surface area (Å²) in [5.41, 5.74) is 1.55. The first kappa shape index (κ1) is 20.1. The van der Waals surface area contributed by atoms with Crippen molar-refractivity contribution in [3.63, 3.8) is 0 Å². The number of benzene rings is 1. The second kappa shape index (κ2) is 8.59. The Balaban J connectivity index is 1.77. The van der Waals surface area contributed by atoms with Crippen molar-refractivity contribution >= 4 is 17.7 Å². The normalized spacial score (nSPS) is 11.1.